The molecule has 0 atom stereocenters. The van der Waals surface area contributed by atoms with Crippen LogP contribution in [0.5, 0.6) is 0 Å². The van der Waals surface area contributed by atoms with E-state index in [9.17, 15) is 0 Å². The van der Waals surface area contributed by atoms with Gasteiger partial charge in [-0.2, -0.15) is 5.10 Å². The number of nitrogens with one attached hydrogen (secondary N) is 1. The summed E-state index contributed by atoms with van der Waals surface area (Å²) in [7, 11) is 0. The van der Waals surface area contributed by atoms with Gasteiger partial charge in [-0.25, -0.2) is 4.98 Å². The quantitative estimate of drug-likeness (QED) is 0.824. The zero-order valence-electron chi connectivity index (χ0n) is 13.1. The van der Waals surface area contributed by atoms with Crippen LogP contribution in [0.15, 0.2) is 12.3 Å². The first-order valence-corrected chi connectivity index (χ1v) is 7.27. The fourth-order valence-electron chi connectivity index (χ4n) is 2.37. The minimum Gasteiger partial charge on any atom is -0.356 e. The molecule has 1 N–H and O–H groups in total. The maximum atomic E-state index is 4.53. The van der Waals surface area contributed by atoms with Gasteiger partial charge in [0.05, 0.1) is 11.4 Å². The third kappa shape index (κ3) is 3.40. The molecule has 0 spiro atoms. The first-order valence-electron chi connectivity index (χ1n) is 7.27. The van der Waals surface area contributed by atoms with Crippen LogP contribution in [0.2, 0.25) is 0 Å². The van der Waals surface area contributed by atoms with Gasteiger partial charge < -0.3 is 9.88 Å². The van der Waals surface area contributed by atoms with Crippen LogP contribution in [-0.4, -0.2) is 25.9 Å². The van der Waals surface area contributed by atoms with Crippen LogP contribution in [0.4, 0.5) is 5.95 Å². The minimum absolute atomic E-state index is 0.426. The molecule has 0 amide bonds. The van der Waals surface area contributed by atoms with Crippen LogP contribution >= 0.6 is 0 Å². The van der Waals surface area contributed by atoms with Gasteiger partial charge in [0.15, 0.2) is 0 Å². The summed E-state index contributed by atoms with van der Waals surface area (Å²) < 4.78 is 4.25. The number of aromatic nitrogens is 4. The second-order valence-corrected chi connectivity index (χ2v) is 5.64. The largest absolute Gasteiger partial charge is 0.356 e. The fourth-order valence-corrected chi connectivity index (χ4v) is 2.37. The van der Waals surface area contributed by atoms with Gasteiger partial charge in [0.2, 0.25) is 5.95 Å². The van der Waals surface area contributed by atoms with Gasteiger partial charge in [0.1, 0.15) is 0 Å². The van der Waals surface area contributed by atoms with Crippen LogP contribution in [0.1, 0.15) is 43.4 Å². The van der Waals surface area contributed by atoms with Crippen LogP contribution in [-0.2, 0) is 6.54 Å². The lowest BCUT2D eigenvalue weighted by Gasteiger charge is -2.12. The number of aryl methyl sites for hydroxylation is 4. The molecule has 0 aliphatic rings. The minimum atomic E-state index is 0.426. The predicted molar refractivity (Wildman–Crippen MR) is 82.2 cm³/mol. The third-order valence-corrected chi connectivity index (χ3v) is 3.34. The summed E-state index contributed by atoms with van der Waals surface area (Å²) in [4.78, 5) is 4.53. The van der Waals surface area contributed by atoms with Crippen LogP contribution in [0.25, 0.3) is 0 Å². The Labute approximate surface area is 121 Å². The predicted octanol–water partition coefficient (Wildman–Crippen LogP) is 3.09. The fraction of sp³-hybridized carbons (Fsp3) is 0.600. The van der Waals surface area contributed by atoms with E-state index in [0.29, 0.717) is 6.04 Å². The number of hydrogen-bond donors (Lipinski definition) is 1. The Balaban J connectivity index is 1.86. The number of nitrogens with zero attached hydrogens (tertiary/aromatic N) is 4. The van der Waals surface area contributed by atoms with E-state index in [0.717, 1.165) is 36.8 Å². The molecule has 0 aliphatic heterocycles. The number of imidazole rings is 1. The average molecular weight is 275 g/mol. The molecular weight excluding hydrogens is 250 g/mol. The normalized spacial score (nSPS) is 11.3. The van der Waals surface area contributed by atoms with Crippen LogP contribution in [0, 0.1) is 20.8 Å². The Kier molecular flexibility index (Phi) is 4.47. The summed E-state index contributed by atoms with van der Waals surface area (Å²) in [5, 5.41) is 7.90. The lowest BCUT2D eigenvalue weighted by Crippen LogP contribution is -2.12. The molecule has 0 saturated heterocycles. The van der Waals surface area contributed by atoms with Crippen molar-refractivity contribution in [3.05, 3.63) is 29.3 Å². The lowest BCUT2D eigenvalue weighted by atomic mass is 10.4. The highest BCUT2D eigenvalue weighted by Gasteiger charge is 2.07. The van der Waals surface area contributed by atoms with Crippen molar-refractivity contribution < 1.29 is 0 Å². The van der Waals surface area contributed by atoms with E-state index in [2.05, 4.69) is 57.7 Å². The highest BCUT2D eigenvalue weighted by atomic mass is 15.3. The molecule has 20 heavy (non-hydrogen) atoms. The van der Waals surface area contributed by atoms with E-state index in [-0.39, 0.29) is 0 Å². The van der Waals surface area contributed by atoms with E-state index in [4.69, 9.17) is 0 Å². The Morgan fingerprint density at radius 1 is 1.20 bits per heavy atom. The monoisotopic (exact) mass is 275 g/mol. The number of anilines is 1. The smallest absolute Gasteiger partial charge is 0.203 e. The molecule has 0 unspecified atom stereocenters. The van der Waals surface area contributed by atoms with E-state index >= 15 is 0 Å². The summed E-state index contributed by atoms with van der Waals surface area (Å²) in [6.07, 6.45) is 3.12. The summed E-state index contributed by atoms with van der Waals surface area (Å²) in [6, 6.07) is 2.54. The maximum Gasteiger partial charge on any atom is 0.203 e. The second-order valence-electron chi connectivity index (χ2n) is 5.64. The Hall–Kier alpha value is -1.78. The third-order valence-electron chi connectivity index (χ3n) is 3.34. The van der Waals surface area contributed by atoms with E-state index < -0.39 is 0 Å². The van der Waals surface area contributed by atoms with Gasteiger partial charge in [-0.3, -0.25) is 4.68 Å². The highest BCUT2D eigenvalue weighted by Crippen LogP contribution is 2.15. The van der Waals surface area contributed by atoms with Crippen molar-refractivity contribution in [2.24, 2.45) is 0 Å². The summed E-state index contributed by atoms with van der Waals surface area (Å²) in [6.45, 7) is 12.3. The molecule has 2 heterocycles. The van der Waals surface area contributed by atoms with Gasteiger partial charge in [-0.15, -0.1) is 0 Å². The van der Waals surface area contributed by atoms with Crippen molar-refractivity contribution >= 4 is 5.95 Å². The zero-order chi connectivity index (χ0) is 14.7. The van der Waals surface area contributed by atoms with Crippen LogP contribution < -0.4 is 5.32 Å². The van der Waals surface area contributed by atoms with Gasteiger partial charge in [-0.05, 0) is 47.1 Å². The van der Waals surface area contributed by atoms with Gasteiger partial charge in [0.25, 0.3) is 0 Å². The van der Waals surface area contributed by atoms with Crippen molar-refractivity contribution in [2.75, 3.05) is 11.9 Å². The van der Waals surface area contributed by atoms with E-state index in [1.807, 2.05) is 13.8 Å². The molecule has 0 bridgehead atoms. The summed E-state index contributed by atoms with van der Waals surface area (Å²) in [5.74, 6) is 0.964. The first kappa shape index (κ1) is 14.6. The Bertz CT molecular complexity index is 565. The van der Waals surface area contributed by atoms with Crippen molar-refractivity contribution in [3.63, 3.8) is 0 Å². The molecule has 0 fully saturated rings. The van der Waals surface area contributed by atoms with E-state index in [1.54, 1.807) is 0 Å². The van der Waals surface area contributed by atoms with Crippen molar-refractivity contribution in [1.82, 2.24) is 19.3 Å². The molecule has 5 nitrogen and oxygen atoms in total. The molecule has 2 aromatic rings. The SMILES string of the molecule is Cc1cn(C(C)C)c(NCCCn2nc(C)cc2C)n1. The summed E-state index contributed by atoms with van der Waals surface area (Å²) in [5.41, 5.74) is 3.36. The summed E-state index contributed by atoms with van der Waals surface area (Å²) >= 11 is 0. The molecule has 110 valence electrons. The molecule has 5 heteroatoms. The molecule has 0 aromatic carbocycles. The van der Waals surface area contributed by atoms with Gasteiger partial charge >= 0.3 is 0 Å². The maximum absolute atomic E-state index is 4.53. The average Bonchev–Trinajstić information content (AvgIpc) is 2.88. The highest BCUT2D eigenvalue weighted by molar-refractivity contribution is 5.29. The Morgan fingerprint density at radius 3 is 2.55 bits per heavy atom. The van der Waals surface area contributed by atoms with Gasteiger partial charge in [-0.1, -0.05) is 0 Å². The van der Waals surface area contributed by atoms with E-state index in [1.165, 1.54) is 5.69 Å². The molecule has 2 aromatic heterocycles. The second kappa shape index (κ2) is 6.11. The zero-order valence-corrected chi connectivity index (χ0v) is 13.1. The number of hydrogen-bond acceptors (Lipinski definition) is 3. The molecular formula is C15H25N5. The Morgan fingerprint density at radius 2 is 1.95 bits per heavy atom. The molecule has 0 saturated carbocycles. The molecule has 2 rings (SSSR count). The van der Waals surface area contributed by atoms with Crippen molar-refractivity contribution in [3.8, 4) is 0 Å². The lowest BCUT2D eigenvalue weighted by molar-refractivity contribution is 0.567. The van der Waals surface area contributed by atoms with Crippen molar-refractivity contribution in [1.29, 1.82) is 0 Å². The molecule has 0 radical (unpaired) electrons. The molecule has 0 aliphatic carbocycles. The number of rotatable bonds is 6. The first-order chi connectivity index (χ1) is 9.47. The van der Waals surface area contributed by atoms with Crippen LogP contribution in [0.3, 0.4) is 0 Å². The van der Waals surface area contributed by atoms with Gasteiger partial charge in [0, 0.05) is 31.0 Å². The topological polar surface area (TPSA) is 47.7 Å². The standard InChI is InChI=1S/C15H25N5/c1-11(2)19-10-13(4)17-15(19)16-7-6-8-20-14(5)9-12(3)18-20/h9-11H,6-8H2,1-5H3,(H,16,17). The van der Waals surface area contributed by atoms with Crippen molar-refractivity contribution in [2.45, 2.75) is 53.6 Å².